The highest BCUT2D eigenvalue weighted by Gasteiger charge is 2.20. The van der Waals surface area contributed by atoms with Crippen molar-refractivity contribution in [1.82, 2.24) is 9.88 Å². The quantitative estimate of drug-likeness (QED) is 0.733. The number of aromatic nitrogens is 1. The van der Waals surface area contributed by atoms with Crippen molar-refractivity contribution in [2.75, 3.05) is 13.7 Å². The largest absolute Gasteiger partial charge is 0.469 e. The van der Waals surface area contributed by atoms with Gasteiger partial charge in [0.05, 0.1) is 25.3 Å². The van der Waals surface area contributed by atoms with Crippen molar-refractivity contribution >= 4 is 11.9 Å². The first-order valence-electron chi connectivity index (χ1n) is 6.34. The summed E-state index contributed by atoms with van der Waals surface area (Å²) in [4.78, 5) is 29.2. The molecule has 0 spiro atoms. The molecular formula is C14H20N2O3. The molecule has 0 aliphatic heterocycles. The van der Waals surface area contributed by atoms with Gasteiger partial charge < -0.3 is 9.64 Å². The molecule has 0 aliphatic rings. The standard InChI is InChI=1S/C14H20N2O3/c1-4-13(17)16(9-11(2)14(18)19-3)10-12-7-5-6-8-15-12/h5-8,11H,4,9-10H2,1-3H3. The van der Waals surface area contributed by atoms with E-state index in [4.69, 9.17) is 0 Å². The van der Waals surface area contributed by atoms with Crippen molar-refractivity contribution in [3.8, 4) is 0 Å². The topological polar surface area (TPSA) is 59.5 Å². The normalized spacial score (nSPS) is 11.7. The molecule has 1 rings (SSSR count). The lowest BCUT2D eigenvalue weighted by Crippen LogP contribution is -2.36. The van der Waals surface area contributed by atoms with Crippen LogP contribution >= 0.6 is 0 Å². The molecule has 1 amide bonds. The Morgan fingerprint density at radius 2 is 2.16 bits per heavy atom. The molecule has 5 heteroatoms. The molecule has 1 atom stereocenters. The van der Waals surface area contributed by atoms with Gasteiger partial charge in [-0.2, -0.15) is 0 Å². The van der Waals surface area contributed by atoms with Crippen LogP contribution < -0.4 is 0 Å². The van der Waals surface area contributed by atoms with E-state index in [2.05, 4.69) is 9.72 Å². The fourth-order valence-electron chi connectivity index (χ4n) is 1.77. The number of carbonyl (C=O) groups excluding carboxylic acids is 2. The Bertz CT molecular complexity index is 420. The molecule has 0 N–H and O–H groups in total. The number of amides is 1. The van der Waals surface area contributed by atoms with Gasteiger partial charge in [0.2, 0.25) is 5.91 Å². The van der Waals surface area contributed by atoms with Crippen LogP contribution in [0, 0.1) is 5.92 Å². The number of rotatable bonds is 6. The Hall–Kier alpha value is -1.91. The molecule has 0 aromatic carbocycles. The summed E-state index contributed by atoms with van der Waals surface area (Å²) >= 11 is 0. The van der Waals surface area contributed by atoms with Gasteiger partial charge in [0, 0.05) is 19.2 Å². The van der Waals surface area contributed by atoms with E-state index in [1.165, 1.54) is 7.11 Å². The van der Waals surface area contributed by atoms with Gasteiger partial charge in [-0.1, -0.05) is 19.9 Å². The second-order valence-electron chi connectivity index (χ2n) is 4.37. The molecule has 0 fully saturated rings. The van der Waals surface area contributed by atoms with Crippen LogP contribution in [0.2, 0.25) is 0 Å². The van der Waals surface area contributed by atoms with Gasteiger partial charge in [0.15, 0.2) is 0 Å². The number of methoxy groups -OCH3 is 1. The van der Waals surface area contributed by atoms with E-state index in [0.717, 1.165) is 5.69 Å². The molecule has 5 nitrogen and oxygen atoms in total. The summed E-state index contributed by atoms with van der Waals surface area (Å²) < 4.78 is 4.68. The van der Waals surface area contributed by atoms with E-state index in [0.29, 0.717) is 19.5 Å². The average molecular weight is 264 g/mol. The first-order chi connectivity index (χ1) is 9.08. The molecule has 0 saturated heterocycles. The number of ether oxygens (including phenoxy) is 1. The Morgan fingerprint density at radius 3 is 2.68 bits per heavy atom. The zero-order chi connectivity index (χ0) is 14.3. The van der Waals surface area contributed by atoms with E-state index < -0.39 is 0 Å². The molecule has 0 bridgehead atoms. The second-order valence-corrected chi connectivity index (χ2v) is 4.37. The smallest absolute Gasteiger partial charge is 0.310 e. The molecule has 104 valence electrons. The molecule has 1 aromatic rings. The fraction of sp³-hybridized carbons (Fsp3) is 0.500. The fourth-order valence-corrected chi connectivity index (χ4v) is 1.77. The number of hydrogen-bond acceptors (Lipinski definition) is 4. The highest BCUT2D eigenvalue weighted by Crippen LogP contribution is 2.08. The molecule has 0 saturated carbocycles. The molecule has 19 heavy (non-hydrogen) atoms. The third-order valence-electron chi connectivity index (χ3n) is 2.83. The zero-order valence-electron chi connectivity index (χ0n) is 11.6. The molecule has 0 aliphatic carbocycles. The highest BCUT2D eigenvalue weighted by molar-refractivity contribution is 5.77. The lowest BCUT2D eigenvalue weighted by molar-refractivity contribution is -0.146. The van der Waals surface area contributed by atoms with Gasteiger partial charge in [-0.3, -0.25) is 14.6 Å². The van der Waals surface area contributed by atoms with Crippen LogP contribution in [-0.4, -0.2) is 35.4 Å². The van der Waals surface area contributed by atoms with Crippen molar-refractivity contribution in [1.29, 1.82) is 0 Å². The maximum atomic E-state index is 11.9. The molecule has 0 radical (unpaired) electrons. The van der Waals surface area contributed by atoms with E-state index in [1.807, 2.05) is 18.2 Å². The van der Waals surface area contributed by atoms with Crippen LogP contribution in [0.5, 0.6) is 0 Å². The number of hydrogen-bond donors (Lipinski definition) is 0. The van der Waals surface area contributed by atoms with Crippen LogP contribution in [0.4, 0.5) is 0 Å². The first kappa shape index (κ1) is 15.1. The van der Waals surface area contributed by atoms with Crippen LogP contribution in [0.25, 0.3) is 0 Å². The number of pyridine rings is 1. The summed E-state index contributed by atoms with van der Waals surface area (Å²) in [6, 6.07) is 5.56. The molecular weight excluding hydrogens is 244 g/mol. The Labute approximate surface area is 113 Å². The summed E-state index contributed by atoms with van der Waals surface area (Å²) in [5, 5.41) is 0. The SMILES string of the molecule is CCC(=O)N(Cc1ccccn1)CC(C)C(=O)OC. The number of esters is 1. The van der Waals surface area contributed by atoms with E-state index in [9.17, 15) is 9.59 Å². The van der Waals surface area contributed by atoms with E-state index in [1.54, 1.807) is 24.9 Å². The summed E-state index contributed by atoms with van der Waals surface area (Å²) in [7, 11) is 1.35. The predicted molar refractivity (Wildman–Crippen MR) is 71.1 cm³/mol. The average Bonchev–Trinajstić information content (AvgIpc) is 2.45. The summed E-state index contributed by atoms with van der Waals surface area (Å²) in [5.74, 6) is -0.652. The van der Waals surface area contributed by atoms with Crippen molar-refractivity contribution in [2.24, 2.45) is 5.92 Å². The molecule has 1 heterocycles. The minimum Gasteiger partial charge on any atom is -0.469 e. The predicted octanol–water partition coefficient (Wildman–Crippen LogP) is 1.63. The minimum absolute atomic E-state index is 0.00130. The van der Waals surface area contributed by atoms with Crippen molar-refractivity contribution in [3.05, 3.63) is 30.1 Å². The summed E-state index contributed by atoms with van der Waals surface area (Å²) in [6.07, 6.45) is 2.09. The van der Waals surface area contributed by atoms with Crippen LogP contribution in [0.15, 0.2) is 24.4 Å². The first-order valence-corrected chi connectivity index (χ1v) is 6.34. The monoisotopic (exact) mass is 264 g/mol. The third kappa shape index (κ3) is 4.69. The summed E-state index contributed by atoms with van der Waals surface area (Å²) in [5.41, 5.74) is 0.807. The van der Waals surface area contributed by atoms with Gasteiger partial charge >= 0.3 is 5.97 Å². The second kappa shape index (κ2) is 7.51. The maximum Gasteiger partial charge on any atom is 0.310 e. The highest BCUT2D eigenvalue weighted by atomic mass is 16.5. The van der Waals surface area contributed by atoms with Gasteiger partial charge in [0.25, 0.3) is 0 Å². The lowest BCUT2D eigenvalue weighted by Gasteiger charge is -2.24. The van der Waals surface area contributed by atoms with Gasteiger partial charge in [-0.15, -0.1) is 0 Å². The zero-order valence-corrected chi connectivity index (χ0v) is 11.6. The minimum atomic E-state index is -0.343. The van der Waals surface area contributed by atoms with Gasteiger partial charge in [0.1, 0.15) is 0 Å². The van der Waals surface area contributed by atoms with E-state index >= 15 is 0 Å². The maximum absolute atomic E-state index is 11.9. The Kier molecular flexibility index (Phi) is 5.99. The van der Waals surface area contributed by atoms with Crippen LogP contribution in [0.3, 0.4) is 0 Å². The lowest BCUT2D eigenvalue weighted by atomic mass is 10.1. The van der Waals surface area contributed by atoms with E-state index in [-0.39, 0.29) is 17.8 Å². The van der Waals surface area contributed by atoms with Crippen molar-refractivity contribution < 1.29 is 14.3 Å². The third-order valence-corrected chi connectivity index (χ3v) is 2.83. The van der Waals surface area contributed by atoms with Crippen molar-refractivity contribution in [3.63, 3.8) is 0 Å². The number of nitrogens with zero attached hydrogens (tertiary/aromatic N) is 2. The van der Waals surface area contributed by atoms with Crippen LogP contribution in [-0.2, 0) is 20.9 Å². The Balaban J connectivity index is 2.73. The van der Waals surface area contributed by atoms with Crippen LogP contribution in [0.1, 0.15) is 26.0 Å². The Morgan fingerprint density at radius 1 is 1.42 bits per heavy atom. The van der Waals surface area contributed by atoms with Gasteiger partial charge in [-0.05, 0) is 12.1 Å². The number of carbonyl (C=O) groups is 2. The molecule has 1 aromatic heterocycles. The summed E-state index contributed by atoms with van der Waals surface area (Å²) in [6.45, 7) is 4.31. The van der Waals surface area contributed by atoms with Crippen molar-refractivity contribution in [2.45, 2.75) is 26.8 Å². The van der Waals surface area contributed by atoms with Gasteiger partial charge in [-0.25, -0.2) is 0 Å². The molecule has 1 unspecified atom stereocenters.